The smallest absolute Gasteiger partial charge is 0.315 e. The van der Waals surface area contributed by atoms with Crippen molar-refractivity contribution in [1.29, 1.82) is 0 Å². The molecule has 0 spiro atoms. The van der Waals surface area contributed by atoms with E-state index in [1.54, 1.807) is 0 Å². The second-order valence-electron chi connectivity index (χ2n) is 5.43. The monoisotopic (exact) mass is 252 g/mol. The van der Waals surface area contributed by atoms with E-state index in [9.17, 15) is 5.11 Å². The number of nitrogens with zero attached hydrogens (tertiary/aromatic N) is 2. The van der Waals surface area contributed by atoms with Gasteiger partial charge in [-0.1, -0.05) is 11.5 Å². The summed E-state index contributed by atoms with van der Waals surface area (Å²) in [4.78, 5) is 0. The van der Waals surface area contributed by atoms with Crippen LogP contribution in [0.1, 0.15) is 43.9 Å². The van der Waals surface area contributed by atoms with E-state index in [1.807, 2.05) is 0 Å². The van der Waals surface area contributed by atoms with Crippen LogP contribution < -0.4 is 10.6 Å². The van der Waals surface area contributed by atoms with Crippen molar-refractivity contribution in [3.05, 3.63) is 5.89 Å². The Kier molecular flexibility index (Phi) is 3.22. The molecule has 18 heavy (non-hydrogen) atoms. The summed E-state index contributed by atoms with van der Waals surface area (Å²) in [6, 6.07) is 0.427. The molecule has 2 fully saturated rings. The van der Waals surface area contributed by atoms with Crippen molar-refractivity contribution in [3.63, 3.8) is 0 Å². The zero-order valence-corrected chi connectivity index (χ0v) is 10.5. The summed E-state index contributed by atoms with van der Waals surface area (Å²) in [5, 5.41) is 24.6. The van der Waals surface area contributed by atoms with Crippen LogP contribution in [0.15, 0.2) is 4.42 Å². The molecule has 1 saturated heterocycles. The van der Waals surface area contributed by atoms with E-state index in [0.717, 1.165) is 38.1 Å². The lowest BCUT2D eigenvalue weighted by atomic mass is 9.85. The Labute approximate surface area is 106 Å². The zero-order valence-electron chi connectivity index (χ0n) is 10.5. The third-order valence-corrected chi connectivity index (χ3v) is 3.91. The molecule has 1 saturated carbocycles. The first-order valence-corrected chi connectivity index (χ1v) is 6.76. The molecule has 3 rings (SSSR count). The van der Waals surface area contributed by atoms with Gasteiger partial charge in [0.1, 0.15) is 0 Å². The molecular weight excluding hydrogens is 232 g/mol. The fourth-order valence-corrected chi connectivity index (χ4v) is 2.47. The Morgan fingerprint density at radius 1 is 1.39 bits per heavy atom. The Hall–Kier alpha value is -1.14. The zero-order chi connectivity index (χ0) is 12.4. The van der Waals surface area contributed by atoms with E-state index < -0.39 is 5.60 Å². The molecule has 100 valence electrons. The highest BCUT2D eigenvalue weighted by Crippen LogP contribution is 2.35. The summed E-state index contributed by atoms with van der Waals surface area (Å²) in [5.41, 5.74) is -0.705. The number of nitrogens with one attached hydrogen (secondary N) is 2. The largest absolute Gasteiger partial charge is 0.408 e. The van der Waals surface area contributed by atoms with Gasteiger partial charge >= 0.3 is 6.01 Å². The number of anilines is 1. The number of piperidine rings is 1. The molecular formula is C12H20N4O2. The summed E-state index contributed by atoms with van der Waals surface area (Å²) in [5.74, 6) is 1.19. The predicted octanol–water partition coefficient (Wildman–Crippen LogP) is 0.863. The number of β-amino-alcohol motifs (C(OH)–C–C–N with tert-alkyl or cyclic N) is 1. The van der Waals surface area contributed by atoms with Crippen molar-refractivity contribution in [2.24, 2.45) is 0 Å². The van der Waals surface area contributed by atoms with Crippen LogP contribution in [-0.4, -0.2) is 40.5 Å². The van der Waals surface area contributed by atoms with E-state index in [-0.39, 0.29) is 0 Å². The van der Waals surface area contributed by atoms with Crippen LogP contribution in [0, 0.1) is 0 Å². The average molecular weight is 252 g/mol. The number of aromatic nitrogens is 2. The number of aliphatic hydroxyl groups is 1. The average Bonchev–Trinajstić information content (AvgIpc) is 2.74. The van der Waals surface area contributed by atoms with Crippen molar-refractivity contribution in [1.82, 2.24) is 15.5 Å². The van der Waals surface area contributed by atoms with Crippen molar-refractivity contribution in [2.75, 3.05) is 25.0 Å². The van der Waals surface area contributed by atoms with Crippen molar-refractivity contribution in [3.8, 4) is 0 Å². The molecule has 0 radical (unpaired) electrons. The minimum absolute atomic E-state index is 0.427. The van der Waals surface area contributed by atoms with Crippen LogP contribution in [0.4, 0.5) is 6.01 Å². The van der Waals surface area contributed by atoms with E-state index in [2.05, 4.69) is 20.8 Å². The molecule has 6 nitrogen and oxygen atoms in total. The standard InChI is InChI=1S/C12H20N4O2/c17-12(5-2-6-13-7-12)8-14-11-16-15-10(18-11)9-3-1-4-9/h9,13,17H,1-8H2,(H,14,16)/t12-/m1/s1. The minimum atomic E-state index is -0.705. The van der Waals surface area contributed by atoms with E-state index in [0.29, 0.717) is 25.0 Å². The molecule has 0 bridgehead atoms. The molecule has 1 aliphatic heterocycles. The molecule has 6 heteroatoms. The van der Waals surface area contributed by atoms with Gasteiger partial charge in [0.25, 0.3) is 0 Å². The first kappa shape index (κ1) is 11.9. The van der Waals surface area contributed by atoms with Gasteiger partial charge in [-0.3, -0.25) is 0 Å². The topological polar surface area (TPSA) is 83.2 Å². The van der Waals surface area contributed by atoms with E-state index in [4.69, 9.17) is 4.42 Å². The number of hydrogen-bond acceptors (Lipinski definition) is 6. The molecule has 0 unspecified atom stereocenters. The van der Waals surface area contributed by atoms with Crippen LogP contribution in [0.5, 0.6) is 0 Å². The molecule has 1 aromatic rings. The van der Waals surface area contributed by atoms with Crippen LogP contribution in [0.3, 0.4) is 0 Å². The highest BCUT2D eigenvalue weighted by atomic mass is 16.4. The van der Waals surface area contributed by atoms with Crippen LogP contribution in [-0.2, 0) is 0 Å². The molecule has 0 aromatic carbocycles. The fraction of sp³-hybridized carbons (Fsp3) is 0.833. The quantitative estimate of drug-likeness (QED) is 0.737. The van der Waals surface area contributed by atoms with Gasteiger partial charge in [0.2, 0.25) is 5.89 Å². The predicted molar refractivity (Wildman–Crippen MR) is 66.4 cm³/mol. The van der Waals surface area contributed by atoms with Crippen LogP contribution in [0.2, 0.25) is 0 Å². The highest BCUT2D eigenvalue weighted by Gasteiger charge is 2.30. The summed E-state index contributed by atoms with van der Waals surface area (Å²) in [6.45, 7) is 2.05. The Morgan fingerprint density at radius 3 is 2.94 bits per heavy atom. The molecule has 3 N–H and O–H groups in total. The van der Waals surface area contributed by atoms with Crippen molar-refractivity contribution in [2.45, 2.75) is 43.6 Å². The first-order valence-electron chi connectivity index (χ1n) is 6.76. The maximum Gasteiger partial charge on any atom is 0.315 e. The lowest BCUT2D eigenvalue weighted by molar-refractivity contribution is 0.0287. The van der Waals surface area contributed by atoms with Crippen LogP contribution in [0.25, 0.3) is 0 Å². The summed E-state index contributed by atoms with van der Waals surface area (Å²) < 4.78 is 5.56. The Bertz CT molecular complexity index is 397. The van der Waals surface area contributed by atoms with Gasteiger partial charge in [-0.05, 0) is 32.2 Å². The molecule has 2 aliphatic rings. The Morgan fingerprint density at radius 2 is 2.28 bits per heavy atom. The second-order valence-corrected chi connectivity index (χ2v) is 5.43. The lowest BCUT2D eigenvalue weighted by Crippen LogP contribution is -2.50. The molecule has 0 amide bonds. The van der Waals surface area contributed by atoms with Gasteiger partial charge < -0.3 is 20.2 Å². The molecule has 2 heterocycles. The highest BCUT2D eigenvalue weighted by molar-refractivity contribution is 5.19. The normalized spacial score (nSPS) is 28.9. The van der Waals surface area contributed by atoms with E-state index >= 15 is 0 Å². The maximum atomic E-state index is 10.3. The Balaban J connectivity index is 1.54. The fourth-order valence-electron chi connectivity index (χ4n) is 2.47. The maximum absolute atomic E-state index is 10.3. The third-order valence-electron chi connectivity index (χ3n) is 3.91. The SMILES string of the molecule is O[C@]1(CNc2nnc(C3CCC3)o2)CCCNC1. The van der Waals surface area contributed by atoms with Gasteiger partial charge in [-0.15, -0.1) is 5.10 Å². The molecule has 1 aliphatic carbocycles. The summed E-state index contributed by atoms with van der Waals surface area (Å²) in [6.07, 6.45) is 5.35. The minimum Gasteiger partial charge on any atom is -0.408 e. The molecule has 1 atom stereocenters. The first-order chi connectivity index (χ1) is 8.75. The third kappa shape index (κ3) is 2.49. The summed E-state index contributed by atoms with van der Waals surface area (Å²) in [7, 11) is 0. The lowest BCUT2D eigenvalue weighted by Gasteiger charge is -2.32. The number of rotatable bonds is 4. The van der Waals surface area contributed by atoms with Gasteiger partial charge in [0, 0.05) is 19.0 Å². The van der Waals surface area contributed by atoms with Crippen LogP contribution >= 0.6 is 0 Å². The van der Waals surface area contributed by atoms with Gasteiger partial charge in [-0.25, -0.2) is 0 Å². The van der Waals surface area contributed by atoms with Gasteiger partial charge in [-0.2, -0.15) is 0 Å². The van der Waals surface area contributed by atoms with Gasteiger partial charge in [0.05, 0.1) is 5.60 Å². The molecule has 1 aromatic heterocycles. The number of hydrogen-bond donors (Lipinski definition) is 3. The second kappa shape index (κ2) is 4.85. The van der Waals surface area contributed by atoms with E-state index in [1.165, 1.54) is 6.42 Å². The summed E-state index contributed by atoms with van der Waals surface area (Å²) >= 11 is 0. The van der Waals surface area contributed by atoms with Gasteiger partial charge in [0.15, 0.2) is 0 Å². The van der Waals surface area contributed by atoms with Crippen molar-refractivity contribution >= 4 is 6.01 Å². The van der Waals surface area contributed by atoms with Crippen molar-refractivity contribution < 1.29 is 9.52 Å².